The molecule has 0 atom stereocenters. The zero-order chi connectivity index (χ0) is 16.3. The largest absolute Gasteiger partial charge is 0.494 e. The van der Waals surface area contributed by atoms with E-state index in [9.17, 15) is 0 Å². The van der Waals surface area contributed by atoms with Crippen molar-refractivity contribution in [2.45, 2.75) is 52.4 Å². The van der Waals surface area contributed by atoms with Gasteiger partial charge in [-0.05, 0) is 50.4 Å². The van der Waals surface area contributed by atoms with Gasteiger partial charge < -0.3 is 15.0 Å². The van der Waals surface area contributed by atoms with E-state index in [4.69, 9.17) is 4.74 Å². The summed E-state index contributed by atoms with van der Waals surface area (Å²) in [6.07, 6.45) is 7.69. The van der Waals surface area contributed by atoms with Crippen LogP contribution in [-0.2, 0) is 0 Å². The van der Waals surface area contributed by atoms with Gasteiger partial charge in [-0.2, -0.15) is 0 Å². The van der Waals surface area contributed by atoms with Gasteiger partial charge in [0, 0.05) is 24.8 Å². The van der Waals surface area contributed by atoms with Gasteiger partial charge in [0.15, 0.2) is 0 Å². The number of benzene rings is 1. The fourth-order valence-electron chi connectivity index (χ4n) is 3.06. The molecule has 1 aliphatic heterocycles. The fourth-order valence-corrected chi connectivity index (χ4v) is 3.06. The zero-order valence-electron chi connectivity index (χ0n) is 15.0. The SMILES string of the molecule is CCCCCCOc1cccc(NCCN2CCC(C)CC2)c1. The molecule has 130 valence electrons. The van der Waals surface area contributed by atoms with Crippen LogP contribution in [0.25, 0.3) is 0 Å². The van der Waals surface area contributed by atoms with E-state index in [1.54, 1.807) is 0 Å². The first-order valence-electron chi connectivity index (χ1n) is 9.47. The Bertz CT molecular complexity index is 427. The van der Waals surface area contributed by atoms with Crippen molar-refractivity contribution < 1.29 is 4.74 Å². The molecule has 0 radical (unpaired) electrons. The van der Waals surface area contributed by atoms with E-state index in [-0.39, 0.29) is 0 Å². The Hall–Kier alpha value is -1.22. The number of anilines is 1. The Morgan fingerprint density at radius 1 is 1.17 bits per heavy atom. The molecular formula is C20H34N2O. The molecule has 1 aromatic carbocycles. The van der Waals surface area contributed by atoms with E-state index >= 15 is 0 Å². The molecule has 0 spiro atoms. The van der Waals surface area contributed by atoms with Crippen molar-refractivity contribution in [2.24, 2.45) is 5.92 Å². The van der Waals surface area contributed by atoms with Crippen LogP contribution in [0.4, 0.5) is 5.69 Å². The first kappa shape index (κ1) is 18.1. The summed E-state index contributed by atoms with van der Waals surface area (Å²) in [7, 11) is 0. The molecular weight excluding hydrogens is 284 g/mol. The monoisotopic (exact) mass is 318 g/mol. The number of ether oxygens (including phenoxy) is 1. The van der Waals surface area contributed by atoms with Crippen LogP contribution in [-0.4, -0.2) is 37.7 Å². The van der Waals surface area contributed by atoms with Gasteiger partial charge in [0.2, 0.25) is 0 Å². The summed E-state index contributed by atoms with van der Waals surface area (Å²) in [4.78, 5) is 2.57. The van der Waals surface area contributed by atoms with Crippen LogP contribution in [0.2, 0.25) is 0 Å². The van der Waals surface area contributed by atoms with Crippen molar-refractivity contribution >= 4 is 5.69 Å². The Morgan fingerprint density at radius 2 is 2.00 bits per heavy atom. The van der Waals surface area contributed by atoms with Gasteiger partial charge in [-0.15, -0.1) is 0 Å². The summed E-state index contributed by atoms with van der Waals surface area (Å²) in [5.74, 6) is 1.89. The van der Waals surface area contributed by atoms with Crippen molar-refractivity contribution in [3.05, 3.63) is 24.3 Å². The number of hydrogen-bond donors (Lipinski definition) is 1. The van der Waals surface area contributed by atoms with E-state index in [1.165, 1.54) is 50.9 Å². The minimum Gasteiger partial charge on any atom is -0.494 e. The third-order valence-electron chi connectivity index (χ3n) is 4.73. The van der Waals surface area contributed by atoms with Gasteiger partial charge in [0.1, 0.15) is 5.75 Å². The topological polar surface area (TPSA) is 24.5 Å². The number of hydrogen-bond acceptors (Lipinski definition) is 3. The molecule has 1 N–H and O–H groups in total. The highest BCUT2D eigenvalue weighted by atomic mass is 16.5. The van der Waals surface area contributed by atoms with Crippen LogP contribution in [0, 0.1) is 5.92 Å². The Balaban J connectivity index is 1.64. The molecule has 0 aromatic heterocycles. The molecule has 1 heterocycles. The molecule has 23 heavy (non-hydrogen) atoms. The van der Waals surface area contributed by atoms with Gasteiger partial charge in [0.05, 0.1) is 6.61 Å². The molecule has 1 fully saturated rings. The lowest BCUT2D eigenvalue weighted by Gasteiger charge is -2.30. The summed E-state index contributed by atoms with van der Waals surface area (Å²) in [6.45, 7) is 10.1. The standard InChI is InChI=1S/C20H34N2O/c1-3-4-5-6-16-23-20-9-7-8-19(17-20)21-12-15-22-13-10-18(2)11-14-22/h7-9,17-18,21H,3-6,10-16H2,1-2H3. The second-order valence-electron chi connectivity index (χ2n) is 6.89. The van der Waals surface area contributed by atoms with E-state index in [2.05, 4.69) is 48.3 Å². The van der Waals surface area contributed by atoms with Gasteiger partial charge in [0.25, 0.3) is 0 Å². The first-order chi connectivity index (χ1) is 11.3. The summed E-state index contributed by atoms with van der Waals surface area (Å²) in [6, 6.07) is 8.38. The molecule has 0 bridgehead atoms. The lowest BCUT2D eigenvalue weighted by Crippen LogP contribution is -2.36. The van der Waals surface area contributed by atoms with Crippen LogP contribution >= 0.6 is 0 Å². The lowest BCUT2D eigenvalue weighted by atomic mass is 9.99. The second-order valence-corrected chi connectivity index (χ2v) is 6.89. The van der Waals surface area contributed by atoms with Crippen LogP contribution in [0.1, 0.15) is 52.4 Å². The molecule has 0 amide bonds. The molecule has 1 saturated heterocycles. The molecule has 1 aromatic rings. The van der Waals surface area contributed by atoms with Crippen molar-refractivity contribution in [2.75, 3.05) is 38.1 Å². The smallest absolute Gasteiger partial charge is 0.121 e. The molecule has 1 aliphatic rings. The van der Waals surface area contributed by atoms with Crippen LogP contribution in [0.3, 0.4) is 0 Å². The Labute approximate surface area is 142 Å². The molecule has 0 aliphatic carbocycles. The summed E-state index contributed by atoms with van der Waals surface area (Å²) < 4.78 is 5.85. The first-order valence-corrected chi connectivity index (χ1v) is 9.47. The van der Waals surface area contributed by atoms with Crippen molar-refractivity contribution in [3.63, 3.8) is 0 Å². The van der Waals surface area contributed by atoms with E-state index < -0.39 is 0 Å². The maximum absolute atomic E-state index is 5.85. The van der Waals surface area contributed by atoms with Crippen LogP contribution in [0.15, 0.2) is 24.3 Å². The molecule has 2 rings (SSSR count). The number of nitrogens with one attached hydrogen (secondary N) is 1. The second kappa shape index (κ2) is 10.5. The minimum atomic E-state index is 0.829. The summed E-state index contributed by atoms with van der Waals surface area (Å²) in [5.41, 5.74) is 1.17. The van der Waals surface area contributed by atoms with Gasteiger partial charge in [-0.25, -0.2) is 0 Å². The Morgan fingerprint density at radius 3 is 2.78 bits per heavy atom. The number of rotatable bonds is 10. The van der Waals surface area contributed by atoms with E-state index in [0.29, 0.717) is 0 Å². The highest BCUT2D eigenvalue weighted by molar-refractivity contribution is 5.48. The minimum absolute atomic E-state index is 0.829. The van der Waals surface area contributed by atoms with E-state index in [0.717, 1.165) is 37.8 Å². The molecule has 0 unspecified atom stereocenters. The third-order valence-corrected chi connectivity index (χ3v) is 4.73. The van der Waals surface area contributed by atoms with Gasteiger partial charge >= 0.3 is 0 Å². The van der Waals surface area contributed by atoms with Crippen molar-refractivity contribution in [1.82, 2.24) is 4.90 Å². The number of likely N-dealkylation sites (tertiary alicyclic amines) is 1. The third kappa shape index (κ3) is 7.26. The molecule has 3 nitrogen and oxygen atoms in total. The highest BCUT2D eigenvalue weighted by Crippen LogP contribution is 2.18. The number of piperidine rings is 1. The van der Waals surface area contributed by atoms with Crippen molar-refractivity contribution in [3.8, 4) is 5.75 Å². The normalized spacial score (nSPS) is 16.4. The van der Waals surface area contributed by atoms with Gasteiger partial charge in [-0.1, -0.05) is 39.2 Å². The lowest BCUT2D eigenvalue weighted by molar-refractivity contribution is 0.199. The van der Waals surface area contributed by atoms with Crippen LogP contribution in [0.5, 0.6) is 5.75 Å². The zero-order valence-corrected chi connectivity index (χ0v) is 15.0. The van der Waals surface area contributed by atoms with Crippen molar-refractivity contribution in [1.29, 1.82) is 0 Å². The maximum Gasteiger partial charge on any atom is 0.121 e. The average Bonchev–Trinajstić information content (AvgIpc) is 2.57. The Kier molecular flexibility index (Phi) is 8.30. The predicted octanol–water partition coefficient (Wildman–Crippen LogP) is 4.79. The molecule has 0 saturated carbocycles. The number of nitrogens with zero attached hydrogens (tertiary/aromatic N) is 1. The summed E-state index contributed by atoms with van der Waals surface area (Å²) >= 11 is 0. The van der Waals surface area contributed by atoms with E-state index in [1.807, 2.05) is 0 Å². The average molecular weight is 319 g/mol. The predicted molar refractivity (Wildman–Crippen MR) is 99.4 cm³/mol. The molecule has 3 heteroatoms. The highest BCUT2D eigenvalue weighted by Gasteiger charge is 2.14. The van der Waals surface area contributed by atoms with Gasteiger partial charge in [-0.3, -0.25) is 0 Å². The van der Waals surface area contributed by atoms with Crippen LogP contribution < -0.4 is 10.1 Å². The number of unbranched alkanes of at least 4 members (excludes halogenated alkanes) is 3. The quantitative estimate of drug-likeness (QED) is 0.628. The fraction of sp³-hybridized carbons (Fsp3) is 0.700. The summed E-state index contributed by atoms with van der Waals surface area (Å²) in [5, 5.41) is 3.53. The maximum atomic E-state index is 5.85.